The van der Waals surface area contributed by atoms with Crippen molar-refractivity contribution >= 4 is 37.3 Å². The van der Waals surface area contributed by atoms with Crippen molar-refractivity contribution < 1.29 is 13.2 Å². The number of nitrogens with one attached hydrogen (secondary N) is 1. The molecule has 0 saturated carbocycles. The monoisotopic (exact) mass is 327 g/mol. The summed E-state index contributed by atoms with van der Waals surface area (Å²) in [5, 5.41) is 0. The predicted octanol–water partition coefficient (Wildman–Crippen LogP) is 1.74. The molecule has 0 spiro atoms. The molecule has 92 valence electrons. The van der Waals surface area contributed by atoms with E-state index in [9.17, 15) is 8.42 Å². The van der Waals surface area contributed by atoms with Gasteiger partial charge in [-0.2, -0.15) is 0 Å². The van der Waals surface area contributed by atoms with Crippen LogP contribution in [-0.4, -0.2) is 33.5 Å². The highest BCUT2D eigenvalue weighted by molar-refractivity contribution is 9.09. The van der Waals surface area contributed by atoms with E-state index in [2.05, 4.69) is 20.7 Å². The number of halogens is 1. The molecule has 0 saturated heterocycles. The second kappa shape index (κ2) is 6.11. The van der Waals surface area contributed by atoms with E-state index in [0.29, 0.717) is 17.4 Å². The second-order valence-corrected chi connectivity index (χ2v) is 7.85. The Morgan fingerprint density at radius 1 is 1.56 bits per heavy atom. The van der Waals surface area contributed by atoms with Crippen molar-refractivity contribution in [3.8, 4) is 0 Å². The average Bonchev–Trinajstić information content (AvgIpc) is 2.63. The van der Waals surface area contributed by atoms with Crippen LogP contribution in [0.3, 0.4) is 0 Å². The summed E-state index contributed by atoms with van der Waals surface area (Å²) < 4.78 is 31.4. The zero-order valence-electron chi connectivity index (χ0n) is 9.07. The molecule has 0 aliphatic heterocycles. The molecule has 1 unspecified atom stereocenters. The molecule has 0 radical (unpaired) electrons. The van der Waals surface area contributed by atoms with Crippen molar-refractivity contribution in [3.63, 3.8) is 0 Å². The Morgan fingerprint density at radius 2 is 2.25 bits per heavy atom. The smallest absolute Gasteiger partial charge is 0.250 e. The van der Waals surface area contributed by atoms with E-state index >= 15 is 0 Å². The number of hydrogen-bond acceptors (Lipinski definition) is 4. The summed E-state index contributed by atoms with van der Waals surface area (Å²) in [6.45, 7) is 2.65. The number of rotatable bonds is 6. The molecule has 0 aromatic carbocycles. The summed E-state index contributed by atoms with van der Waals surface area (Å²) in [4.78, 5) is 0.959. The van der Waals surface area contributed by atoms with Gasteiger partial charge in [-0.1, -0.05) is 15.9 Å². The first kappa shape index (κ1) is 14.1. The highest BCUT2D eigenvalue weighted by Gasteiger charge is 2.17. The Labute approximate surface area is 108 Å². The van der Waals surface area contributed by atoms with Gasteiger partial charge in [-0.25, -0.2) is 13.1 Å². The molecular weight excluding hydrogens is 314 g/mol. The van der Waals surface area contributed by atoms with Gasteiger partial charge in [-0.15, -0.1) is 11.3 Å². The van der Waals surface area contributed by atoms with E-state index < -0.39 is 10.0 Å². The predicted molar refractivity (Wildman–Crippen MR) is 68.8 cm³/mol. The molecule has 0 aliphatic rings. The molecule has 1 N–H and O–H groups in total. The molecule has 0 aliphatic carbocycles. The van der Waals surface area contributed by atoms with Gasteiger partial charge in [0.2, 0.25) is 10.0 Å². The molecule has 1 rings (SSSR count). The first-order valence-corrected chi connectivity index (χ1v) is 7.86. The normalized spacial score (nSPS) is 13.9. The molecular formula is C9H14BrNO3S2. The number of thiophene rings is 1. The van der Waals surface area contributed by atoms with Crippen molar-refractivity contribution in [2.24, 2.45) is 0 Å². The van der Waals surface area contributed by atoms with Gasteiger partial charge in [0.25, 0.3) is 0 Å². The van der Waals surface area contributed by atoms with Gasteiger partial charge in [-0.05, 0) is 19.1 Å². The van der Waals surface area contributed by atoms with Gasteiger partial charge in [0.1, 0.15) is 4.21 Å². The quantitative estimate of drug-likeness (QED) is 0.810. The lowest BCUT2D eigenvalue weighted by atomic mass is 10.5. The van der Waals surface area contributed by atoms with Crippen LogP contribution in [0.25, 0.3) is 0 Å². The maximum atomic E-state index is 11.8. The van der Waals surface area contributed by atoms with Crippen molar-refractivity contribution in [3.05, 3.63) is 17.0 Å². The van der Waals surface area contributed by atoms with Crippen LogP contribution in [0, 0.1) is 6.92 Å². The Morgan fingerprint density at radius 3 is 2.75 bits per heavy atom. The van der Waals surface area contributed by atoms with Gasteiger partial charge >= 0.3 is 0 Å². The molecule has 1 heterocycles. The lowest BCUT2D eigenvalue weighted by Crippen LogP contribution is -2.31. The summed E-state index contributed by atoms with van der Waals surface area (Å²) in [7, 11) is -1.80. The molecule has 4 nitrogen and oxygen atoms in total. The van der Waals surface area contributed by atoms with Gasteiger partial charge < -0.3 is 4.74 Å². The minimum absolute atomic E-state index is 0.0201. The summed E-state index contributed by atoms with van der Waals surface area (Å²) >= 11 is 4.58. The summed E-state index contributed by atoms with van der Waals surface area (Å²) in [5.41, 5.74) is 0. The van der Waals surface area contributed by atoms with Crippen LogP contribution < -0.4 is 4.72 Å². The zero-order valence-corrected chi connectivity index (χ0v) is 12.3. The third-order valence-electron chi connectivity index (χ3n) is 1.82. The number of sulfonamides is 1. The van der Waals surface area contributed by atoms with E-state index in [0.717, 1.165) is 4.88 Å². The van der Waals surface area contributed by atoms with E-state index in [1.165, 1.54) is 11.3 Å². The maximum absolute atomic E-state index is 11.8. The van der Waals surface area contributed by atoms with E-state index in [-0.39, 0.29) is 4.83 Å². The second-order valence-electron chi connectivity index (χ2n) is 3.27. The average molecular weight is 328 g/mol. The third-order valence-corrected chi connectivity index (χ3v) is 5.33. The van der Waals surface area contributed by atoms with Crippen LogP contribution in [0.1, 0.15) is 4.88 Å². The van der Waals surface area contributed by atoms with Gasteiger partial charge in [0.15, 0.2) is 0 Å². The minimum Gasteiger partial charge on any atom is -0.383 e. The van der Waals surface area contributed by atoms with Crippen molar-refractivity contribution in [1.29, 1.82) is 0 Å². The maximum Gasteiger partial charge on any atom is 0.250 e. The number of hydrogen-bond donors (Lipinski definition) is 1. The van der Waals surface area contributed by atoms with Crippen LogP contribution in [0.2, 0.25) is 0 Å². The summed E-state index contributed by atoms with van der Waals surface area (Å²) in [5.74, 6) is 0. The van der Waals surface area contributed by atoms with Crippen LogP contribution in [0.5, 0.6) is 0 Å². The molecule has 0 amide bonds. The van der Waals surface area contributed by atoms with Crippen LogP contribution in [0.15, 0.2) is 16.3 Å². The Kier molecular flexibility index (Phi) is 5.39. The fourth-order valence-corrected chi connectivity index (χ4v) is 4.12. The van der Waals surface area contributed by atoms with Crippen molar-refractivity contribution in [2.75, 3.05) is 20.3 Å². The largest absolute Gasteiger partial charge is 0.383 e. The highest BCUT2D eigenvalue weighted by Crippen LogP contribution is 2.20. The molecule has 16 heavy (non-hydrogen) atoms. The van der Waals surface area contributed by atoms with Gasteiger partial charge in [-0.3, -0.25) is 0 Å². The number of methoxy groups -OCH3 is 1. The van der Waals surface area contributed by atoms with Crippen LogP contribution in [0.4, 0.5) is 0 Å². The Bertz CT molecular complexity index is 430. The Hall–Kier alpha value is 0.0500. The van der Waals surface area contributed by atoms with Crippen LogP contribution >= 0.6 is 27.3 Å². The first-order valence-electron chi connectivity index (χ1n) is 4.65. The van der Waals surface area contributed by atoms with Gasteiger partial charge in [0, 0.05) is 18.5 Å². The molecule has 0 bridgehead atoms. The lowest BCUT2D eigenvalue weighted by molar-refractivity contribution is 0.201. The minimum atomic E-state index is -3.37. The SMILES string of the molecule is COCC(Br)CNS(=O)(=O)c1ccc(C)s1. The topological polar surface area (TPSA) is 55.4 Å². The summed E-state index contributed by atoms with van der Waals surface area (Å²) in [6, 6.07) is 3.40. The van der Waals surface area contributed by atoms with Crippen molar-refractivity contribution in [2.45, 2.75) is 16.0 Å². The zero-order chi connectivity index (χ0) is 12.2. The number of aryl methyl sites for hydroxylation is 1. The fraction of sp³-hybridized carbons (Fsp3) is 0.556. The lowest BCUT2D eigenvalue weighted by Gasteiger charge is -2.09. The van der Waals surface area contributed by atoms with Crippen molar-refractivity contribution in [1.82, 2.24) is 4.72 Å². The van der Waals surface area contributed by atoms with E-state index in [4.69, 9.17) is 4.74 Å². The van der Waals surface area contributed by atoms with E-state index in [1.807, 2.05) is 6.92 Å². The molecule has 1 aromatic rings. The molecule has 0 fully saturated rings. The Balaban J connectivity index is 2.59. The highest BCUT2D eigenvalue weighted by atomic mass is 79.9. The standard InChI is InChI=1S/C9H14BrNO3S2/c1-7-3-4-9(15-7)16(12,13)11-5-8(10)6-14-2/h3-4,8,11H,5-6H2,1-2H3. The number of alkyl halides is 1. The first-order chi connectivity index (χ1) is 7.45. The number of ether oxygens (including phenoxy) is 1. The van der Waals surface area contributed by atoms with E-state index in [1.54, 1.807) is 19.2 Å². The third kappa shape index (κ3) is 4.14. The molecule has 1 atom stereocenters. The van der Waals surface area contributed by atoms with Gasteiger partial charge in [0.05, 0.1) is 11.4 Å². The fourth-order valence-electron chi connectivity index (χ4n) is 1.07. The molecule has 7 heteroatoms. The van der Waals surface area contributed by atoms with Crippen LogP contribution in [-0.2, 0) is 14.8 Å². The summed E-state index contributed by atoms with van der Waals surface area (Å²) in [6.07, 6.45) is 0. The molecule has 1 aromatic heterocycles.